The summed E-state index contributed by atoms with van der Waals surface area (Å²) in [5.74, 6) is 2.10. The van der Waals surface area contributed by atoms with Crippen molar-refractivity contribution in [3.63, 3.8) is 0 Å². The topological polar surface area (TPSA) is 48.6 Å². The Hall–Kier alpha value is -6.71. The molecule has 288 valence electrons. The van der Waals surface area contributed by atoms with E-state index >= 15 is 0 Å². The molecule has 5 aromatic rings. The van der Waals surface area contributed by atoms with E-state index in [1.807, 2.05) is 24.4 Å². The molecule has 0 radical (unpaired) electrons. The smallest absolute Gasteiger partial charge is 0.153 e. The normalized spacial score (nSPS) is 27.3. The van der Waals surface area contributed by atoms with E-state index in [2.05, 4.69) is 171 Å². The largest absolute Gasteiger partial charge is 0.282 e. The van der Waals surface area contributed by atoms with Crippen LogP contribution >= 0.6 is 0 Å². The molecule has 1 fully saturated rings. The van der Waals surface area contributed by atoms with Crippen LogP contribution in [0.4, 0.5) is 0 Å². The second kappa shape index (κ2) is 13.4. The molecule has 12 rings (SSSR count). The van der Waals surface area contributed by atoms with E-state index < -0.39 is 10.8 Å². The number of hydrogen-bond acceptors (Lipinski definition) is 1. The highest BCUT2D eigenvalue weighted by Crippen LogP contribution is 2.71. The van der Waals surface area contributed by atoms with Gasteiger partial charge in [-0.2, -0.15) is 0 Å². The number of fused-ring (bicyclic) bond motifs is 12. The number of allylic oxidation sites excluding steroid dienone is 13. The van der Waals surface area contributed by atoms with Crippen LogP contribution in [0.25, 0.3) is 16.7 Å². The second-order valence-corrected chi connectivity index (χ2v) is 17.4. The van der Waals surface area contributed by atoms with Gasteiger partial charge in [0.25, 0.3) is 0 Å². The Morgan fingerprint density at radius 2 is 1.45 bits per heavy atom. The van der Waals surface area contributed by atoms with Crippen LogP contribution in [0.5, 0.6) is 0 Å². The highest BCUT2D eigenvalue weighted by Gasteiger charge is 2.62. The number of rotatable bonds is 4. The first-order chi connectivity index (χ1) is 29.6. The van der Waals surface area contributed by atoms with E-state index in [-0.39, 0.29) is 17.7 Å². The molecule has 7 aliphatic rings. The van der Waals surface area contributed by atoms with Gasteiger partial charge in [-0.25, -0.2) is 9.98 Å². The summed E-state index contributed by atoms with van der Waals surface area (Å²) in [5.41, 5.74) is 17.4. The minimum Gasteiger partial charge on any atom is -0.282 e. The Morgan fingerprint density at radius 3 is 2.33 bits per heavy atom. The molecule has 0 heterocycles. The SMILES string of the molecule is CC1C=CCC=CC1C(N=Cc1ccccc1)=NC(=N)c1ccc2c(c1)C1=C(C=CC3CC13)C21C2=C(CC=CC=C2)C2(c3ccccc3)c3ccccc3-c3cccc1c32. The summed E-state index contributed by atoms with van der Waals surface area (Å²) in [4.78, 5) is 10.1. The van der Waals surface area contributed by atoms with Crippen molar-refractivity contribution in [1.82, 2.24) is 0 Å². The molecule has 1 spiro atoms. The van der Waals surface area contributed by atoms with Crippen molar-refractivity contribution in [2.45, 2.75) is 37.0 Å². The summed E-state index contributed by atoms with van der Waals surface area (Å²) >= 11 is 0. The second-order valence-electron chi connectivity index (χ2n) is 17.4. The molecule has 5 aromatic carbocycles. The first kappa shape index (κ1) is 35.3. The van der Waals surface area contributed by atoms with Gasteiger partial charge in [0, 0.05) is 17.7 Å². The molecule has 1 N–H and O–H groups in total. The average Bonchev–Trinajstić information content (AvgIpc) is 4.06. The van der Waals surface area contributed by atoms with Crippen LogP contribution in [0.3, 0.4) is 0 Å². The van der Waals surface area contributed by atoms with Gasteiger partial charge in [-0.3, -0.25) is 5.41 Å². The van der Waals surface area contributed by atoms with E-state index in [0.717, 1.165) is 30.4 Å². The van der Waals surface area contributed by atoms with Crippen molar-refractivity contribution in [2.24, 2.45) is 33.7 Å². The molecular weight excluding hydrogens is 727 g/mol. The number of hydrogen-bond donors (Lipinski definition) is 1. The molecule has 6 atom stereocenters. The summed E-state index contributed by atoms with van der Waals surface area (Å²) in [6.45, 7) is 2.22. The summed E-state index contributed by atoms with van der Waals surface area (Å²) in [6, 6.07) is 44.5. The third-order valence-electron chi connectivity index (χ3n) is 14.4. The third kappa shape index (κ3) is 4.86. The maximum Gasteiger partial charge on any atom is 0.153 e. The van der Waals surface area contributed by atoms with E-state index in [9.17, 15) is 5.41 Å². The van der Waals surface area contributed by atoms with Crippen molar-refractivity contribution in [3.8, 4) is 11.1 Å². The van der Waals surface area contributed by atoms with E-state index in [4.69, 9.17) is 9.98 Å². The molecule has 3 heteroatoms. The lowest BCUT2D eigenvalue weighted by Gasteiger charge is -2.49. The van der Waals surface area contributed by atoms with Crippen molar-refractivity contribution in [2.75, 3.05) is 0 Å². The molecular formula is C57H45N3. The Labute approximate surface area is 352 Å². The number of aliphatic imine (C=N–C) groups is 2. The van der Waals surface area contributed by atoms with Gasteiger partial charge in [-0.05, 0) is 115 Å². The van der Waals surface area contributed by atoms with Crippen LogP contribution < -0.4 is 0 Å². The van der Waals surface area contributed by atoms with Crippen LogP contribution in [0.2, 0.25) is 0 Å². The Balaban J connectivity index is 1.09. The van der Waals surface area contributed by atoms with Gasteiger partial charge in [-0.15, -0.1) is 0 Å². The van der Waals surface area contributed by atoms with Gasteiger partial charge in [0.2, 0.25) is 0 Å². The van der Waals surface area contributed by atoms with E-state index in [1.165, 1.54) is 66.8 Å². The fourth-order valence-electron chi connectivity index (χ4n) is 11.8. The molecule has 7 aliphatic carbocycles. The minimum atomic E-state index is -0.514. The van der Waals surface area contributed by atoms with Crippen LogP contribution in [0, 0.1) is 29.1 Å². The zero-order valence-corrected chi connectivity index (χ0v) is 33.7. The number of nitrogens with one attached hydrogen (secondary N) is 1. The van der Waals surface area contributed by atoms with E-state index in [0.29, 0.717) is 17.7 Å². The number of amidine groups is 2. The molecule has 0 bridgehead atoms. The van der Waals surface area contributed by atoms with Gasteiger partial charge in [0.05, 0.1) is 10.8 Å². The summed E-state index contributed by atoms with van der Waals surface area (Å²) in [5, 5.41) is 9.66. The molecule has 0 aliphatic heterocycles. The van der Waals surface area contributed by atoms with Gasteiger partial charge < -0.3 is 0 Å². The fraction of sp³-hybridized carbons (Fsp3) is 0.175. The first-order valence-corrected chi connectivity index (χ1v) is 21.6. The minimum absolute atomic E-state index is 0.0378. The lowest BCUT2D eigenvalue weighted by Crippen LogP contribution is -2.44. The monoisotopic (exact) mass is 771 g/mol. The maximum absolute atomic E-state index is 9.66. The Morgan fingerprint density at radius 1 is 0.683 bits per heavy atom. The molecule has 1 saturated carbocycles. The van der Waals surface area contributed by atoms with Gasteiger partial charge in [-0.1, -0.05) is 183 Å². The first-order valence-electron chi connectivity index (χ1n) is 21.6. The van der Waals surface area contributed by atoms with Gasteiger partial charge in [0.15, 0.2) is 5.84 Å². The summed E-state index contributed by atoms with van der Waals surface area (Å²) in [6.07, 6.45) is 28.0. The predicted octanol–water partition coefficient (Wildman–Crippen LogP) is 12.7. The lowest BCUT2D eigenvalue weighted by molar-refractivity contribution is 0.612. The lowest BCUT2D eigenvalue weighted by atomic mass is 9.51. The van der Waals surface area contributed by atoms with Crippen LogP contribution in [0.15, 0.2) is 209 Å². The predicted molar refractivity (Wildman–Crippen MR) is 247 cm³/mol. The molecule has 6 unspecified atom stereocenters. The number of nitrogens with zero attached hydrogens (tertiary/aromatic N) is 2. The van der Waals surface area contributed by atoms with Gasteiger partial charge in [0.1, 0.15) is 5.84 Å². The van der Waals surface area contributed by atoms with Crippen molar-refractivity contribution in [1.29, 1.82) is 5.41 Å². The molecule has 0 saturated heterocycles. The molecule has 3 nitrogen and oxygen atoms in total. The van der Waals surface area contributed by atoms with Crippen LogP contribution in [-0.4, -0.2) is 17.9 Å². The van der Waals surface area contributed by atoms with Crippen molar-refractivity contribution in [3.05, 3.63) is 243 Å². The standard InChI is InChI=1S/C57H45N3/c1-36-17-6-2-11-22-41(36)55(59-35-37-18-7-3-8-19-37)60-54(58)39-30-31-47-45(34-39)52-44-33-38(44)29-32-50(52)57(47)49-27-13-5-12-26-48(49)56(40-20-9-4-10-21-40)46-25-15-14-23-42(46)43-24-16-28-51(57)53(43)56/h3-25,27-32,34-36,38,41,44,58H,2,26,33H2,1H3. The van der Waals surface area contributed by atoms with Crippen molar-refractivity contribution >= 4 is 23.5 Å². The molecule has 60 heavy (non-hydrogen) atoms. The zero-order valence-electron chi connectivity index (χ0n) is 33.7. The highest BCUT2D eigenvalue weighted by molar-refractivity contribution is 6.09. The highest BCUT2D eigenvalue weighted by atomic mass is 15.0. The quantitative estimate of drug-likeness (QED) is 0.107. The zero-order chi connectivity index (χ0) is 40.0. The maximum atomic E-state index is 9.66. The number of benzene rings is 5. The Bertz CT molecular complexity index is 2950. The van der Waals surface area contributed by atoms with Crippen molar-refractivity contribution < 1.29 is 0 Å². The summed E-state index contributed by atoms with van der Waals surface area (Å²) < 4.78 is 0. The molecule has 0 amide bonds. The Kier molecular flexibility index (Phi) is 7.88. The summed E-state index contributed by atoms with van der Waals surface area (Å²) in [7, 11) is 0. The average molecular weight is 772 g/mol. The third-order valence-corrected chi connectivity index (χ3v) is 14.4. The van der Waals surface area contributed by atoms with Crippen LogP contribution in [0.1, 0.15) is 70.7 Å². The van der Waals surface area contributed by atoms with Gasteiger partial charge >= 0.3 is 0 Å². The molecule has 0 aromatic heterocycles. The van der Waals surface area contributed by atoms with Crippen LogP contribution in [-0.2, 0) is 10.8 Å². The fourth-order valence-corrected chi connectivity index (χ4v) is 11.8. The van der Waals surface area contributed by atoms with E-state index in [1.54, 1.807) is 0 Å².